The molecule has 2 unspecified atom stereocenters. The molecule has 8 nitrogen and oxygen atoms in total. The SMILES string of the molecule is CCCCCCCCCCCCCCCC(N)/C=C/OC/C(O)=C/OP(=O)(O)OCCN. The lowest BCUT2D eigenvalue weighted by molar-refractivity contribution is 0.177. The van der Waals surface area contributed by atoms with E-state index >= 15 is 0 Å². The molecule has 0 aliphatic carbocycles. The zero-order valence-corrected chi connectivity index (χ0v) is 20.9. The Morgan fingerprint density at radius 3 is 2.03 bits per heavy atom. The van der Waals surface area contributed by atoms with Crippen molar-refractivity contribution in [2.75, 3.05) is 19.8 Å². The first kappa shape index (κ1) is 30.9. The molecule has 0 rings (SSSR count). The molecule has 0 saturated carbocycles. The summed E-state index contributed by atoms with van der Waals surface area (Å²) in [6, 6.07) is -0.104. The number of hydrogen-bond acceptors (Lipinski definition) is 7. The molecule has 0 saturated heterocycles. The quantitative estimate of drug-likeness (QED) is 0.0819. The zero-order valence-electron chi connectivity index (χ0n) is 20.0. The Kier molecular flexibility index (Phi) is 21.1. The predicted molar refractivity (Wildman–Crippen MR) is 130 cm³/mol. The summed E-state index contributed by atoms with van der Waals surface area (Å²) in [5, 5.41) is 9.57. The Morgan fingerprint density at radius 1 is 0.969 bits per heavy atom. The van der Waals surface area contributed by atoms with Gasteiger partial charge in [0.05, 0.1) is 12.9 Å². The Balaban J connectivity index is 3.59. The maximum atomic E-state index is 11.4. The van der Waals surface area contributed by atoms with E-state index in [-0.39, 0.29) is 31.6 Å². The van der Waals surface area contributed by atoms with Gasteiger partial charge in [-0.3, -0.25) is 9.42 Å². The molecule has 2 atom stereocenters. The molecule has 0 aliphatic rings. The largest absolute Gasteiger partial charge is 0.527 e. The number of hydrogen-bond donors (Lipinski definition) is 4. The zero-order chi connectivity index (χ0) is 23.9. The van der Waals surface area contributed by atoms with Gasteiger partial charge in [-0.2, -0.15) is 0 Å². The minimum absolute atomic E-state index is 0.0804. The third-order valence-electron chi connectivity index (χ3n) is 4.99. The summed E-state index contributed by atoms with van der Waals surface area (Å²) in [4.78, 5) is 9.29. The van der Waals surface area contributed by atoms with Crippen molar-refractivity contribution in [1.82, 2.24) is 0 Å². The van der Waals surface area contributed by atoms with Crippen LogP contribution in [0.3, 0.4) is 0 Å². The Hall–Kier alpha value is -1.05. The van der Waals surface area contributed by atoms with Crippen LogP contribution in [-0.4, -0.2) is 35.8 Å². The van der Waals surface area contributed by atoms with Crippen LogP contribution in [-0.2, 0) is 18.3 Å². The van der Waals surface area contributed by atoms with Crippen molar-refractivity contribution in [2.24, 2.45) is 11.5 Å². The lowest BCUT2D eigenvalue weighted by Crippen LogP contribution is -2.16. The van der Waals surface area contributed by atoms with E-state index in [1.54, 1.807) is 6.08 Å². The number of aliphatic hydroxyl groups excluding tert-OH is 1. The van der Waals surface area contributed by atoms with Gasteiger partial charge < -0.3 is 25.8 Å². The predicted octanol–water partition coefficient (Wildman–Crippen LogP) is 5.82. The summed E-state index contributed by atoms with van der Waals surface area (Å²) in [6.45, 7) is 2.00. The molecule has 0 aliphatic heterocycles. The molecule has 0 bridgehead atoms. The molecule has 0 fully saturated rings. The molecule has 0 aromatic carbocycles. The molecule has 0 radical (unpaired) electrons. The van der Waals surface area contributed by atoms with Gasteiger partial charge in [-0.15, -0.1) is 0 Å². The number of rotatable bonds is 23. The van der Waals surface area contributed by atoms with E-state index in [1.165, 1.54) is 83.3 Å². The van der Waals surface area contributed by atoms with Crippen molar-refractivity contribution in [3.8, 4) is 0 Å². The first-order valence-corrected chi connectivity index (χ1v) is 13.7. The highest BCUT2D eigenvalue weighted by molar-refractivity contribution is 7.47. The van der Waals surface area contributed by atoms with Gasteiger partial charge >= 0.3 is 7.82 Å². The van der Waals surface area contributed by atoms with E-state index in [0.29, 0.717) is 0 Å². The lowest BCUT2D eigenvalue weighted by atomic mass is 10.0. The molecule has 0 amide bonds. The minimum Gasteiger partial charge on any atom is -0.506 e. The van der Waals surface area contributed by atoms with E-state index in [0.717, 1.165) is 19.1 Å². The number of nitrogens with two attached hydrogens (primary N) is 2. The Morgan fingerprint density at radius 2 is 1.50 bits per heavy atom. The number of ether oxygens (including phenoxy) is 1. The van der Waals surface area contributed by atoms with Crippen LogP contribution in [0, 0.1) is 0 Å². The minimum atomic E-state index is -4.26. The van der Waals surface area contributed by atoms with Gasteiger partial charge in [0.1, 0.15) is 12.9 Å². The first-order valence-electron chi connectivity index (χ1n) is 12.2. The fraction of sp³-hybridized carbons (Fsp3) is 0.826. The van der Waals surface area contributed by atoms with E-state index in [2.05, 4.69) is 16.0 Å². The van der Waals surface area contributed by atoms with Gasteiger partial charge in [-0.25, -0.2) is 4.57 Å². The second-order valence-corrected chi connectivity index (χ2v) is 9.55. The lowest BCUT2D eigenvalue weighted by Gasteiger charge is -2.09. The summed E-state index contributed by atoms with van der Waals surface area (Å²) in [5.41, 5.74) is 11.2. The van der Waals surface area contributed by atoms with E-state index < -0.39 is 7.82 Å². The molecule has 190 valence electrons. The van der Waals surface area contributed by atoms with Crippen LogP contribution >= 0.6 is 7.82 Å². The summed E-state index contributed by atoms with van der Waals surface area (Å²) < 4.78 is 25.5. The van der Waals surface area contributed by atoms with E-state index in [1.807, 2.05) is 0 Å². The van der Waals surface area contributed by atoms with Crippen molar-refractivity contribution < 1.29 is 28.3 Å². The van der Waals surface area contributed by atoms with Crippen LogP contribution in [0.4, 0.5) is 0 Å². The van der Waals surface area contributed by atoms with Gasteiger partial charge in [0.25, 0.3) is 0 Å². The van der Waals surface area contributed by atoms with Gasteiger partial charge in [-0.05, 0) is 12.5 Å². The highest BCUT2D eigenvalue weighted by Gasteiger charge is 2.20. The van der Waals surface area contributed by atoms with Gasteiger partial charge in [0.2, 0.25) is 0 Å². The molecular weight excluding hydrogens is 431 g/mol. The molecule has 9 heteroatoms. The van der Waals surface area contributed by atoms with Crippen LogP contribution in [0.15, 0.2) is 24.4 Å². The first-order chi connectivity index (χ1) is 15.4. The fourth-order valence-corrected chi connectivity index (χ4v) is 3.80. The van der Waals surface area contributed by atoms with Crippen LogP contribution in [0.2, 0.25) is 0 Å². The molecule has 0 spiro atoms. The Labute approximate surface area is 195 Å². The van der Waals surface area contributed by atoms with Crippen LogP contribution in [0.25, 0.3) is 0 Å². The molecule has 32 heavy (non-hydrogen) atoms. The molecule has 0 aromatic heterocycles. The standard InChI is InChI=1S/C23H47N2O6P/c1-2-3-4-5-6-7-8-9-10-11-12-13-14-15-22(25)16-18-29-20-23(26)21-31-32(27,28)30-19-17-24/h16,18,21-22,26H,2-15,17,19-20,24-25H2,1H3,(H,27,28)/b18-16+,23-21-. The van der Waals surface area contributed by atoms with Crippen molar-refractivity contribution in [3.05, 3.63) is 24.4 Å². The maximum absolute atomic E-state index is 11.4. The van der Waals surface area contributed by atoms with Crippen molar-refractivity contribution >= 4 is 7.82 Å². The van der Waals surface area contributed by atoms with Crippen molar-refractivity contribution in [3.63, 3.8) is 0 Å². The highest BCUT2D eigenvalue weighted by atomic mass is 31.2. The normalized spacial score (nSPS) is 15.1. The smallest absolute Gasteiger partial charge is 0.506 e. The van der Waals surface area contributed by atoms with Crippen LogP contribution in [0.5, 0.6) is 0 Å². The fourth-order valence-electron chi connectivity index (χ4n) is 3.14. The highest BCUT2D eigenvalue weighted by Crippen LogP contribution is 2.43. The average molecular weight is 479 g/mol. The molecule has 6 N–H and O–H groups in total. The maximum Gasteiger partial charge on any atom is 0.527 e. The summed E-state index contributed by atoms with van der Waals surface area (Å²) in [5.74, 6) is -0.356. The van der Waals surface area contributed by atoms with Crippen LogP contribution in [0.1, 0.15) is 96.8 Å². The average Bonchev–Trinajstić information content (AvgIpc) is 2.77. The Bertz CT molecular complexity index is 531. The second-order valence-electron chi connectivity index (χ2n) is 8.14. The third-order valence-corrected chi connectivity index (χ3v) is 5.87. The van der Waals surface area contributed by atoms with Gasteiger partial charge in [0, 0.05) is 12.6 Å². The second kappa shape index (κ2) is 21.8. The molecule has 0 aromatic rings. The number of phosphoric ester groups is 1. The van der Waals surface area contributed by atoms with Crippen LogP contribution < -0.4 is 11.5 Å². The summed E-state index contributed by atoms with van der Waals surface area (Å²) in [6.07, 6.45) is 21.9. The molecular formula is C23H47N2O6P. The van der Waals surface area contributed by atoms with Crippen molar-refractivity contribution in [2.45, 2.75) is 103 Å². The topological polar surface area (TPSA) is 137 Å². The van der Waals surface area contributed by atoms with E-state index in [9.17, 15) is 14.6 Å². The summed E-state index contributed by atoms with van der Waals surface area (Å²) in [7, 11) is -4.26. The monoisotopic (exact) mass is 478 g/mol. The molecule has 0 heterocycles. The number of unbranched alkanes of at least 4 members (excludes halogenated alkanes) is 12. The van der Waals surface area contributed by atoms with E-state index in [4.69, 9.17) is 16.2 Å². The number of aliphatic hydroxyl groups is 1. The number of phosphoric acid groups is 1. The van der Waals surface area contributed by atoms with Crippen molar-refractivity contribution in [1.29, 1.82) is 0 Å². The third kappa shape index (κ3) is 22.2. The van der Waals surface area contributed by atoms with Gasteiger partial charge in [0.15, 0.2) is 5.76 Å². The summed E-state index contributed by atoms with van der Waals surface area (Å²) >= 11 is 0. The van der Waals surface area contributed by atoms with Gasteiger partial charge in [-0.1, -0.05) is 90.4 Å².